The number of morpholine rings is 1. The van der Waals surface area contributed by atoms with Gasteiger partial charge in [0.05, 0.1) is 0 Å². The van der Waals surface area contributed by atoms with Crippen molar-refractivity contribution >= 4 is 41.6 Å². The summed E-state index contributed by atoms with van der Waals surface area (Å²) in [4.78, 5) is 5.84. The monoisotopic (exact) mass is 238 g/mol. The third kappa shape index (κ3) is 2.59. The Morgan fingerprint density at radius 3 is 2.94 bits per heavy atom. The van der Waals surface area contributed by atoms with E-state index in [4.69, 9.17) is 4.74 Å². The standard InChI is InChI=1S/C13H15N2O.Na/c1-2-4-13-12(3-1)11(9-14-13)10-15-5-7-16-8-6-15;/h1,3-4,9,14H,5-8,10H2;. The van der Waals surface area contributed by atoms with Gasteiger partial charge in [-0.2, -0.15) is 0 Å². The molecule has 0 unspecified atom stereocenters. The first-order valence-corrected chi connectivity index (χ1v) is 7.19. The molecule has 0 spiro atoms. The fraction of sp³-hybridized carbons (Fsp3) is 0.385. The Labute approximate surface area is 119 Å². The molecule has 1 aliphatic heterocycles. The van der Waals surface area contributed by atoms with Crippen LogP contribution in [0.1, 0.15) is 5.56 Å². The first-order chi connectivity index (χ1) is 8.33. The van der Waals surface area contributed by atoms with Crippen LogP contribution in [0.4, 0.5) is 0 Å². The van der Waals surface area contributed by atoms with Gasteiger partial charge in [-0.25, -0.2) is 0 Å². The van der Waals surface area contributed by atoms with E-state index in [9.17, 15) is 0 Å². The van der Waals surface area contributed by atoms with Gasteiger partial charge in [0.15, 0.2) is 0 Å². The SMILES string of the molecule is [Na][c]1ccc2c(CN3CCOCC3)c[nH]c2c1. The molecular formula is C13H15N2NaO. The molecule has 3 nitrogen and oxygen atoms in total. The van der Waals surface area contributed by atoms with Crippen LogP contribution in [-0.4, -0.2) is 64.1 Å². The van der Waals surface area contributed by atoms with Crippen LogP contribution in [0, 0.1) is 0 Å². The second-order valence-electron chi connectivity index (χ2n) is 4.75. The number of ether oxygens (including phenoxy) is 1. The van der Waals surface area contributed by atoms with Gasteiger partial charge in [0.1, 0.15) is 0 Å². The summed E-state index contributed by atoms with van der Waals surface area (Å²) in [5.41, 5.74) is 2.68. The molecule has 2 aromatic rings. The average Bonchev–Trinajstić information content (AvgIpc) is 2.73. The van der Waals surface area contributed by atoms with E-state index in [2.05, 4.69) is 34.3 Å². The first kappa shape index (κ1) is 11.8. The molecule has 1 aromatic heterocycles. The van der Waals surface area contributed by atoms with Crippen molar-refractivity contribution in [2.24, 2.45) is 0 Å². The Morgan fingerprint density at radius 1 is 1.29 bits per heavy atom. The van der Waals surface area contributed by atoms with E-state index < -0.39 is 0 Å². The van der Waals surface area contributed by atoms with Crippen molar-refractivity contribution < 1.29 is 4.74 Å². The van der Waals surface area contributed by atoms with Crippen LogP contribution in [-0.2, 0) is 11.3 Å². The van der Waals surface area contributed by atoms with E-state index in [1.165, 1.54) is 19.3 Å². The zero-order chi connectivity index (χ0) is 11.7. The Kier molecular flexibility index (Phi) is 3.54. The van der Waals surface area contributed by atoms with E-state index in [-0.39, 0.29) is 0 Å². The van der Waals surface area contributed by atoms with Gasteiger partial charge in [0.25, 0.3) is 0 Å². The van der Waals surface area contributed by atoms with Crippen LogP contribution in [0.5, 0.6) is 0 Å². The molecule has 0 atom stereocenters. The summed E-state index contributed by atoms with van der Waals surface area (Å²) in [6.07, 6.45) is 2.15. The Hall–Kier alpha value is -0.320. The van der Waals surface area contributed by atoms with E-state index in [1.807, 2.05) is 0 Å². The zero-order valence-electron chi connectivity index (χ0n) is 10.2. The first-order valence-electron chi connectivity index (χ1n) is 6.19. The van der Waals surface area contributed by atoms with Crippen molar-refractivity contribution in [1.82, 2.24) is 9.88 Å². The van der Waals surface area contributed by atoms with Crippen LogP contribution in [0.2, 0.25) is 0 Å². The molecule has 0 amide bonds. The average molecular weight is 238 g/mol. The maximum absolute atomic E-state index is 5.38. The van der Waals surface area contributed by atoms with Crippen LogP contribution >= 0.6 is 0 Å². The van der Waals surface area contributed by atoms with Crippen LogP contribution in [0.15, 0.2) is 24.4 Å². The minimum absolute atomic E-state index is 0.868. The predicted octanol–water partition coefficient (Wildman–Crippen LogP) is 0.794. The number of H-pyrrole nitrogens is 1. The van der Waals surface area contributed by atoms with E-state index in [0.29, 0.717) is 0 Å². The van der Waals surface area contributed by atoms with Crippen molar-refractivity contribution in [1.29, 1.82) is 0 Å². The van der Waals surface area contributed by atoms with E-state index >= 15 is 0 Å². The summed E-state index contributed by atoms with van der Waals surface area (Å²) in [7, 11) is 0. The number of fused-ring (bicyclic) bond motifs is 1. The fourth-order valence-corrected chi connectivity index (χ4v) is 2.89. The molecule has 2 heterocycles. The normalized spacial score (nSPS) is 17.8. The topological polar surface area (TPSA) is 28.3 Å². The number of aromatic amines is 1. The number of nitrogens with one attached hydrogen (secondary N) is 1. The molecule has 17 heavy (non-hydrogen) atoms. The second-order valence-corrected chi connectivity index (χ2v) is 5.91. The van der Waals surface area contributed by atoms with Gasteiger partial charge in [-0.05, 0) is 0 Å². The summed E-state index contributed by atoms with van der Waals surface area (Å²) >= 11 is 1.11. The number of rotatable bonds is 2. The number of aromatic nitrogens is 1. The van der Waals surface area contributed by atoms with Crippen molar-refractivity contribution in [2.75, 3.05) is 26.3 Å². The molecule has 84 valence electrons. The fourth-order valence-electron chi connectivity index (χ4n) is 2.43. The van der Waals surface area contributed by atoms with Gasteiger partial charge < -0.3 is 0 Å². The number of nitrogens with zero attached hydrogens (tertiary/aromatic N) is 1. The van der Waals surface area contributed by atoms with Crippen LogP contribution in [0.3, 0.4) is 0 Å². The van der Waals surface area contributed by atoms with Crippen molar-refractivity contribution in [3.8, 4) is 0 Å². The molecule has 0 saturated carbocycles. The quantitative estimate of drug-likeness (QED) is 0.784. The molecule has 0 aliphatic carbocycles. The summed E-state index contributed by atoms with van der Waals surface area (Å²) < 4.78 is 6.82. The Morgan fingerprint density at radius 2 is 2.12 bits per heavy atom. The van der Waals surface area contributed by atoms with Gasteiger partial charge in [-0.15, -0.1) is 0 Å². The van der Waals surface area contributed by atoms with E-state index in [0.717, 1.165) is 60.8 Å². The zero-order valence-corrected chi connectivity index (χ0v) is 12.2. The second kappa shape index (κ2) is 5.12. The molecule has 1 aliphatic rings. The molecular weight excluding hydrogens is 223 g/mol. The molecule has 3 rings (SSSR count). The summed E-state index contributed by atoms with van der Waals surface area (Å²) in [6, 6.07) is 6.76. The van der Waals surface area contributed by atoms with Gasteiger partial charge in [-0.1, -0.05) is 0 Å². The van der Waals surface area contributed by atoms with Gasteiger partial charge in [0, 0.05) is 0 Å². The summed E-state index contributed by atoms with van der Waals surface area (Å²) in [5, 5.41) is 1.37. The van der Waals surface area contributed by atoms with Gasteiger partial charge >= 0.3 is 119 Å². The van der Waals surface area contributed by atoms with Crippen LogP contribution in [0.25, 0.3) is 10.9 Å². The third-order valence-electron chi connectivity index (χ3n) is 3.42. The number of hydrogen-bond acceptors (Lipinski definition) is 2. The molecule has 0 bridgehead atoms. The minimum atomic E-state index is 0.868. The van der Waals surface area contributed by atoms with E-state index in [1.54, 1.807) is 0 Å². The molecule has 1 fully saturated rings. The van der Waals surface area contributed by atoms with Crippen molar-refractivity contribution in [3.05, 3.63) is 30.0 Å². The van der Waals surface area contributed by atoms with Crippen molar-refractivity contribution in [2.45, 2.75) is 6.54 Å². The van der Waals surface area contributed by atoms with Crippen LogP contribution < -0.4 is 2.81 Å². The predicted molar refractivity (Wildman–Crippen MR) is 69.8 cm³/mol. The Balaban J connectivity index is 1.84. The molecule has 0 radical (unpaired) electrons. The van der Waals surface area contributed by atoms with Gasteiger partial charge in [0.2, 0.25) is 0 Å². The Bertz CT molecular complexity index is 517. The molecule has 4 heteroatoms. The number of hydrogen-bond donors (Lipinski definition) is 1. The maximum atomic E-state index is 5.38. The molecule has 1 saturated heterocycles. The number of benzene rings is 1. The van der Waals surface area contributed by atoms with Gasteiger partial charge in [-0.3, -0.25) is 0 Å². The third-order valence-corrected chi connectivity index (χ3v) is 4.04. The molecule has 1 aromatic carbocycles. The molecule has 1 N–H and O–H groups in total. The van der Waals surface area contributed by atoms with Crippen molar-refractivity contribution in [3.63, 3.8) is 0 Å². The summed E-state index contributed by atoms with van der Waals surface area (Å²) in [6.45, 7) is 4.86. The summed E-state index contributed by atoms with van der Waals surface area (Å²) in [5.74, 6) is 0.